The van der Waals surface area contributed by atoms with Gasteiger partial charge in [-0.15, -0.1) is 0 Å². The molecule has 23 heavy (non-hydrogen) atoms. The van der Waals surface area contributed by atoms with Gasteiger partial charge in [0.05, 0.1) is 11.3 Å². The van der Waals surface area contributed by atoms with E-state index in [0.29, 0.717) is 13.0 Å². The molecule has 1 aliphatic rings. The maximum Gasteiger partial charge on any atom is 0.287 e. The average Bonchev–Trinajstić information content (AvgIpc) is 2.54. The van der Waals surface area contributed by atoms with E-state index in [4.69, 9.17) is 4.42 Å². The lowest BCUT2D eigenvalue weighted by Gasteiger charge is -2.21. The van der Waals surface area contributed by atoms with Crippen molar-refractivity contribution in [3.63, 3.8) is 0 Å². The third-order valence-electron chi connectivity index (χ3n) is 3.82. The van der Waals surface area contributed by atoms with Crippen LogP contribution < -0.4 is 16.1 Å². The number of fused-ring (bicyclic) bond motifs is 1. The Morgan fingerprint density at radius 1 is 1.35 bits per heavy atom. The predicted molar refractivity (Wildman–Crippen MR) is 80.5 cm³/mol. The molecule has 1 fully saturated rings. The standard InChI is InChI=1S/C16H15FN2O4/c17-10-3-4-13-11(6-10)12(20)7-14(23-13)16(22)19-8-9-2-1-5-18-15(9)21/h3-4,6-7,9H,1-2,5,8H2,(H,18,21)(H,19,22). The summed E-state index contributed by atoms with van der Waals surface area (Å²) in [6, 6.07) is 4.55. The summed E-state index contributed by atoms with van der Waals surface area (Å²) >= 11 is 0. The molecule has 1 atom stereocenters. The fraction of sp³-hybridized carbons (Fsp3) is 0.312. The van der Waals surface area contributed by atoms with Crippen molar-refractivity contribution in [1.82, 2.24) is 10.6 Å². The van der Waals surface area contributed by atoms with Gasteiger partial charge in [0.2, 0.25) is 5.91 Å². The van der Waals surface area contributed by atoms with Gasteiger partial charge in [0, 0.05) is 19.2 Å². The normalized spacial score (nSPS) is 17.8. The number of hydrogen-bond acceptors (Lipinski definition) is 4. The molecule has 0 aliphatic carbocycles. The smallest absolute Gasteiger partial charge is 0.287 e. The van der Waals surface area contributed by atoms with Crippen LogP contribution >= 0.6 is 0 Å². The lowest BCUT2D eigenvalue weighted by molar-refractivity contribution is -0.126. The van der Waals surface area contributed by atoms with Crippen molar-refractivity contribution in [1.29, 1.82) is 0 Å². The zero-order valence-electron chi connectivity index (χ0n) is 12.2. The Hall–Kier alpha value is -2.70. The number of carbonyl (C=O) groups excluding carboxylic acids is 2. The van der Waals surface area contributed by atoms with Gasteiger partial charge in [-0.2, -0.15) is 0 Å². The van der Waals surface area contributed by atoms with Gasteiger partial charge in [0.1, 0.15) is 11.4 Å². The Balaban J connectivity index is 1.77. The summed E-state index contributed by atoms with van der Waals surface area (Å²) in [5.74, 6) is -1.66. The van der Waals surface area contributed by atoms with E-state index in [1.807, 2.05) is 0 Å². The molecule has 1 aromatic heterocycles. The Labute approximate surface area is 130 Å². The first kappa shape index (κ1) is 15.2. The largest absolute Gasteiger partial charge is 0.451 e. The number of halogens is 1. The van der Waals surface area contributed by atoms with Gasteiger partial charge in [-0.1, -0.05) is 0 Å². The molecule has 0 spiro atoms. The van der Waals surface area contributed by atoms with Crippen LogP contribution in [0.3, 0.4) is 0 Å². The third-order valence-corrected chi connectivity index (χ3v) is 3.82. The molecule has 1 aliphatic heterocycles. The van der Waals surface area contributed by atoms with E-state index in [1.165, 1.54) is 6.07 Å². The maximum absolute atomic E-state index is 13.1. The van der Waals surface area contributed by atoms with E-state index in [0.717, 1.165) is 24.6 Å². The van der Waals surface area contributed by atoms with Crippen LogP contribution in [-0.2, 0) is 4.79 Å². The fourth-order valence-corrected chi connectivity index (χ4v) is 2.57. The minimum atomic E-state index is -0.577. The summed E-state index contributed by atoms with van der Waals surface area (Å²) in [6.07, 6.45) is 1.57. The van der Waals surface area contributed by atoms with E-state index < -0.39 is 17.2 Å². The number of rotatable bonds is 3. The van der Waals surface area contributed by atoms with Crippen LogP contribution in [0.15, 0.2) is 33.5 Å². The van der Waals surface area contributed by atoms with E-state index >= 15 is 0 Å². The molecule has 0 saturated carbocycles. The number of carbonyl (C=O) groups is 2. The molecule has 1 saturated heterocycles. The topological polar surface area (TPSA) is 88.4 Å². The van der Waals surface area contributed by atoms with Crippen molar-refractivity contribution < 1.29 is 18.4 Å². The Morgan fingerprint density at radius 3 is 2.96 bits per heavy atom. The number of benzene rings is 1. The SMILES string of the molecule is O=C(NCC1CCCNC1=O)c1cc(=O)c2cc(F)ccc2o1. The van der Waals surface area contributed by atoms with Gasteiger partial charge in [-0.05, 0) is 31.0 Å². The van der Waals surface area contributed by atoms with E-state index in [1.54, 1.807) is 0 Å². The van der Waals surface area contributed by atoms with Crippen molar-refractivity contribution in [3.05, 3.63) is 46.1 Å². The van der Waals surface area contributed by atoms with Crippen LogP contribution in [0.4, 0.5) is 4.39 Å². The van der Waals surface area contributed by atoms with Crippen molar-refractivity contribution in [2.24, 2.45) is 5.92 Å². The molecule has 0 bridgehead atoms. The number of amides is 2. The van der Waals surface area contributed by atoms with Crippen molar-refractivity contribution in [2.45, 2.75) is 12.8 Å². The first-order valence-corrected chi connectivity index (χ1v) is 7.34. The van der Waals surface area contributed by atoms with Crippen LogP contribution in [0, 0.1) is 11.7 Å². The second-order valence-electron chi connectivity index (χ2n) is 5.46. The molecular weight excluding hydrogens is 303 g/mol. The van der Waals surface area contributed by atoms with Gasteiger partial charge < -0.3 is 15.1 Å². The quantitative estimate of drug-likeness (QED) is 0.890. The zero-order valence-corrected chi connectivity index (χ0v) is 12.2. The summed E-state index contributed by atoms with van der Waals surface area (Å²) in [7, 11) is 0. The fourth-order valence-electron chi connectivity index (χ4n) is 2.57. The van der Waals surface area contributed by atoms with Crippen molar-refractivity contribution >= 4 is 22.8 Å². The minimum absolute atomic E-state index is 0.0770. The molecule has 0 radical (unpaired) electrons. The molecular formula is C16H15FN2O4. The Bertz CT molecular complexity index is 830. The highest BCUT2D eigenvalue weighted by molar-refractivity contribution is 5.93. The molecule has 7 heteroatoms. The molecule has 1 unspecified atom stereocenters. The highest BCUT2D eigenvalue weighted by atomic mass is 19.1. The second kappa shape index (κ2) is 6.20. The lowest BCUT2D eigenvalue weighted by Crippen LogP contribution is -2.42. The van der Waals surface area contributed by atoms with Crippen LogP contribution in [0.1, 0.15) is 23.4 Å². The van der Waals surface area contributed by atoms with E-state index in [2.05, 4.69) is 10.6 Å². The van der Waals surface area contributed by atoms with Gasteiger partial charge >= 0.3 is 0 Å². The maximum atomic E-state index is 13.1. The number of hydrogen-bond donors (Lipinski definition) is 2. The van der Waals surface area contributed by atoms with Crippen LogP contribution in [0.5, 0.6) is 0 Å². The first-order chi connectivity index (χ1) is 11.0. The van der Waals surface area contributed by atoms with Crippen LogP contribution in [0.2, 0.25) is 0 Å². The highest BCUT2D eigenvalue weighted by Crippen LogP contribution is 2.14. The first-order valence-electron chi connectivity index (χ1n) is 7.34. The van der Waals surface area contributed by atoms with E-state index in [-0.39, 0.29) is 35.1 Å². The summed E-state index contributed by atoms with van der Waals surface area (Å²) in [5, 5.41) is 5.41. The molecule has 2 amide bonds. The molecule has 2 heterocycles. The van der Waals surface area contributed by atoms with Gasteiger partial charge in [-0.3, -0.25) is 14.4 Å². The minimum Gasteiger partial charge on any atom is -0.451 e. The Kier molecular flexibility index (Phi) is 4.10. The number of piperidine rings is 1. The Morgan fingerprint density at radius 2 is 2.17 bits per heavy atom. The van der Waals surface area contributed by atoms with Gasteiger partial charge in [0.15, 0.2) is 11.2 Å². The monoisotopic (exact) mass is 318 g/mol. The molecule has 3 rings (SSSR count). The van der Waals surface area contributed by atoms with Gasteiger partial charge in [0.25, 0.3) is 5.91 Å². The van der Waals surface area contributed by atoms with E-state index in [9.17, 15) is 18.8 Å². The summed E-state index contributed by atoms with van der Waals surface area (Å²) in [4.78, 5) is 35.7. The lowest BCUT2D eigenvalue weighted by atomic mass is 9.99. The summed E-state index contributed by atoms with van der Waals surface area (Å²) in [5.41, 5.74) is -0.356. The molecule has 6 nitrogen and oxygen atoms in total. The zero-order chi connectivity index (χ0) is 16.4. The van der Waals surface area contributed by atoms with Crippen LogP contribution in [0.25, 0.3) is 11.0 Å². The van der Waals surface area contributed by atoms with Crippen molar-refractivity contribution in [3.8, 4) is 0 Å². The summed E-state index contributed by atoms with van der Waals surface area (Å²) < 4.78 is 18.5. The molecule has 2 N–H and O–H groups in total. The number of nitrogens with one attached hydrogen (secondary N) is 2. The second-order valence-corrected chi connectivity index (χ2v) is 5.46. The molecule has 1 aromatic carbocycles. The van der Waals surface area contributed by atoms with Crippen LogP contribution in [-0.4, -0.2) is 24.9 Å². The van der Waals surface area contributed by atoms with Crippen molar-refractivity contribution in [2.75, 3.05) is 13.1 Å². The highest BCUT2D eigenvalue weighted by Gasteiger charge is 2.23. The van der Waals surface area contributed by atoms with Gasteiger partial charge in [-0.25, -0.2) is 4.39 Å². The predicted octanol–water partition coefficient (Wildman–Crippen LogP) is 1.19. The third kappa shape index (κ3) is 3.23. The average molecular weight is 318 g/mol. The summed E-state index contributed by atoms with van der Waals surface area (Å²) in [6.45, 7) is 0.829. The molecule has 2 aromatic rings. The molecule has 120 valence electrons.